The van der Waals surface area contributed by atoms with Gasteiger partial charge in [0.2, 0.25) is 0 Å². The van der Waals surface area contributed by atoms with Gasteiger partial charge in [0.05, 0.1) is 50.7 Å². The van der Waals surface area contributed by atoms with Gasteiger partial charge >= 0.3 is 35.8 Å². The first-order valence-corrected chi connectivity index (χ1v) is 46.4. The maximum atomic E-state index is 12.7. The molecule has 16 rings (SSSR count). The van der Waals surface area contributed by atoms with Crippen molar-refractivity contribution in [3.63, 3.8) is 0 Å². The largest absolute Gasteiger partial charge is 0.481 e. The molecule has 0 aromatic heterocycles. The molecule has 4 saturated carbocycles. The minimum atomic E-state index is -0.593. The van der Waals surface area contributed by atoms with E-state index in [1.54, 1.807) is 0 Å². The van der Waals surface area contributed by atoms with Crippen LogP contribution in [0.3, 0.4) is 0 Å². The molecule has 0 amide bonds. The van der Waals surface area contributed by atoms with Crippen LogP contribution in [0, 0.1) is 79.1 Å². The quantitative estimate of drug-likeness (QED) is 0.0216. The van der Waals surface area contributed by atoms with Gasteiger partial charge in [-0.25, -0.2) is 19.2 Å². The van der Waals surface area contributed by atoms with E-state index in [9.17, 15) is 28.8 Å². The normalized spacial score (nSPS) is 15.8. The third kappa shape index (κ3) is 23.8. The van der Waals surface area contributed by atoms with E-state index in [0.29, 0.717) is 35.5 Å². The highest BCUT2D eigenvalue weighted by molar-refractivity contribution is 7.98. The van der Waals surface area contributed by atoms with Gasteiger partial charge in [-0.15, -0.1) is 0 Å². The lowest BCUT2D eigenvalue weighted by molar-refractivity contribution is -0.207. The number of aryl methyl sites for hydroxylation is 8. The molecule has 4 bridgehead atoms. The van der Waals surface area contributed by atoms with Crippen LogP contribution in [0.1, 0.15) is 104 Å². The molecule has 632 valence electrons. The maximum absolute atomic E-state index is 12.7. The molecule has 123 heavy (non-hydrogen) atoms. The minimum absolute atomic E-state index is 0.0827. The number of methoxy groups -OCH3 is 1. The lowest BCUT2D eigenvalue weighted by atomic mass is 9.50. The molecule has 0 N–H and O–H groups in total. The number of carbonyl (C=O) groups excluding carboxylic acids is 6. The van der Waals surface area contributed by atoms with Gasteiger partial charge in [-0.3, -0.25) is 9.59 Å². The lowest BCUT2D eigenvalue weighted by Gasteiger charge is -2.59. The molecule has 18 heteroatoms. The van der Waals surface area contributed by atoms with E-state index in [4.69, 9.17) is 33.2 Å². The number of hydrogen-bond acceptors (Lipinski definition) is 14. The average Bonchev–Trinajstić information content (AvgIpc) is 0.730. The van der Waals surface area contributed by atoms with Crippen molar-refractivity contribution in [2.75, 3.05) is 33.5 Å². The van der Waals surface area contributed by atoms with Crippen molar-refractivity contribution in [3.05, 3.63) is 336 Å². The summed E-state index contributed by atoms with van der Waals surface area (Å²) in [5.41, 5.74) is 7.20. The van der Waals surface area contributed by atoms with E-state index in [0.717, 1.165) is 92.7 Å². The van der Waals surface area contributed by atoms with Gasteiger partial charge in [0.1, 0.15) is 28.6 Å². The van der Waals surface area contributed by atoms with Crippen molar-refractivity contribution in [1.29, 1.82) is 0 Å². The van der Waals surface area contributed by atoms with Gasteiger partial charge in [0.25, 0.3) is 0 Å². The third-order valence-electron chi connectivity index (χ3n) is 22.0. The first kappa shape index (κ1) is 90.7. The monoisotopic (exact) mass is 1720 g/mol. The Kier molecular flexibility index (Phi) is 32.1. The molecular weight excluding hydrogens is 1610 g/mol. The van der Waals surface area contributed by atoms with Gasteiger partial charge < -0.3 is 37.9 Å². The van der Waals surface area contributed by atoms with Gasteiger partial charge in [0.15, 0.2) is 85.2 Å². The molecule has 12 aromatic carbocycles. The van der Waals surface area contributed by atoms with Crippen LogP contribution >= 0.6 is 0 Å². The Morgan fingerprint density at radius 1 is 0.301 bits per heavy atom. The fourth-order valence-corrected chi connectivity index (χ4v) is 25.6. The van der Waals surface area contributed by atoms with Crippen LogP contribution in [0.4, 0.5) is 0 Å². The zero-order chi connectivity index (χ0) is 87.1. The average molecular weight is 1720 g/mol. The smallest absolute Gasteiger partial charge is 0.349 e. The van der Waals surface area contributed by atoms with E-state index >= 15 is 0 Å². The second kappa shape index (κ2) is 43.5. The Balaban J connectivity index is 0.000000153. The molecule has 0 aliphatic heterocycles. The first-order chi connectivity index (χ1) is 59.4. The summed E-state index contributed by atoms with van der Waals surface area (Å²) in [6.45, 7) is 19.9. The summed E-state index contributed by atoms with van der Waals surface area (Å²) >= 11 is 0. The van der Waals surface area contributed by atoms with Crippen LogP contribution in [-0.4, -0.2) is 75.0 Å². The highest BCUT2D eigenvalue weighted by atomic mass is 32.2. The van der Waals surface area contributed by atoms with Crippen molar-refractivity contribution < 1.29 is 66.7 Å². The summed E-state index contributed by atoms with van der Waals surface area (Å²) in [4.78, 5) is 86.1. The van der Waals surface area contributed by atoms with Crippen molar-refractivity contribution in [2.45, 2.75) is 179 Å². The van der Waals surface area contributed by atoms with E-state index < -0.39 is 36.1 Å². The Morgan fingerprint density at radius 2 is 0.545 bits per heavy atom. The van der Waals surface area contributed by atoms with Gasteiger partial charge in [-0.2, -0.15) is 0 Å². The second-order valence-corrected chi connectivity index (χ2v) is 39.2. The number of esters is 6. The lowest BCUT2D eigenvalue weighted by Crippen LogP contribution is -2.58. The summed E-state index contributed by atoms with van der Waals surface area (Å²) in [6.07, 6.45) is 6.33. The van der Waals surface area contributed by atoms with Crippen LogP contribution < -0.4 is 18.9 Å². The zero-order valence-electron chi connectivity index (χ0n) is 71.9. The molecule has 0 unspecified atom stereocenters. The first-order valence-electron chi connectivity index (χ1n) is 41.5. The number of carbonyl (C=O) groups is 6. The van der Waals surface area contributed by atoms with Crippen molar-refractivity contribution in [2.24, 2.45) is 23.7 Å². The molecule has 14 nitrogen and oxygen atoms in total. The Labute approximate surface area is 735 Å². The molecule has 4 fully saturated rings. The number of rotatable bonds is 26. The fourth-order valence-electron chi connectivity index (χ4n) is 16.5. The minimum Gasteiger partial charge on any atom is -0.481 e. The van der Waals surface area contributed by atoms with E-state index in [1.807, 2.05) is 135 Å². The number of hydrogen-bond donors (Lipinski definition) is 0. The Morgan fingerprint density at radius 3 is 0.797 bits per heavy atom. The molecule has 0 saturated heterocycles. The number of ether oxygens (including phenoxy) is 8. The maximum Gasteiger partial charge on any atom is 0.349 e. The van der Waals surface area contributed by atoms with E-state index in [2.05, 4.69) is 230 Å². The predicted octanol–water partition coefficient (Wildman–Crippen LogP) is 22.6. The summed E-state index contributed by atoms with van der Waals surface area (Å²) in [5, 5.41) is 0. The molecule has 4 aliphatic carbocycles. The van der Waals surface area contributed by atoms with Crippen LogP contribution in [-0.2, 0) is 91.3 Å². The summed E-state index contributed by atoms with van der Waals surface area (Å²) < 4.78 is 43.3. The van der Waals surface area contributed by atoms with Gasteiger partial charge in [-0.05, 0) is 260 Å². The summed E-state index contributed by atoms with van der Waals surface area (Å²) in [6, 6.07) is 101. The highest BCUT2D eigenvalue weighted by Gasteiger charge is 2.57. The highest BCUT2D eigenvalue weighted by Crippen LogP contribution is 2.59. The molecule has 0 heterocycles. The van der Waals surface area contributed by atoms with Gasteiger partial charge in [0, 0.05) is 61.9 Å². The molecule has 0 radical (unpaired) electrons. The molecule has 4 aliphatic rings. The molecule has 0 atom stereocenters. The van der Waals surface area contributed by atoms with Crippen molar-refractivity contribution in [1.82, 2.24) is 0 Å². The predicted molar refractivity (Wildman–Crippen MR) is 488 cm³/mol. The molecule has 0 spiro atoms. The molecular formula is C105H108O14S4+4. The van der Waals surface area contributed by atoms with Gasteiger partial charge in [-0.1, -0.05) is 153 Å². The van der Waals surface area contributed by atoms with Crippen LogP contribution in [0.25, 0.3) is 0 Å². The van der Waals surface area contributed by atoms with Crippen LogP contribution in [0.5, 0.6) is 23.0 Å². The SMILES string of the molecule is CC(=O)OCC(=O)Oc1c(C)cc([S+](c2ccccc2)c2ccccc2)cc1C.CCC(=O)Oc1c(C)cc([S+](c2ccccc2)c2ccccc2)cc1C.COC(=O)COc1c(C)cc([S+](c2ccccc2)c2ccccc2)cc1C.Cc1cc([S+](c2ccccc2)c2ccccc2)cc(C)c1OCC(=O)OCC(=O)OC1(C)C2CC3CC(C2)CC1C3. The Hall–Kier alpha value is -11.5. The summed E-state index contributed by atoms with van der Waals surface area (Å²) in [5.74, 6) is 2.33. The topological polar surface area (TPSA) is 176 Å². The van der Waals surface area contributed by atoms with E-state index in [1.165, 1.54) is 74.3 Å². The van der Waals surface area contributed by atoms with Crippen LogP contribution in [0.2, 0.25) is 0 Å². The number of benzene rings is 12. The van der Waals surface area contributed by atoms with Crippen molar-refractivity contribution in [3.8, 4) is 23.0 Å². The van der Waals surface area contributed by atoms with Crippen LogP contribution in [0.15, 0.2) is 350 Å². The Bertz CT molecular complexity index is 5290. The summed E-state index contributed by atoms with van der Waals surface area (Å²) in [7, 11) is 0.411. The van der Waals surface area contributed by atoms with Crippen molar-refractivity contribution >= 4 is 79.4 Å². The molecule has 12 aromatic rings. The zero-order valence-corrected chi connectivity index (χ0v) is 75.2. The third-order valence-corrected chi connectivity index (χ3v) is 30.7. The van der Waals surface area contributed by atoms with E-state index in [-0.39, 0.29) is 75.3 Å². The standard InChI is InChI=1S/C35H39O5S.C24H23O4S.C23H23O3S.C23H23O2S/c1-23-14-31(41(29-10-6-4-7-11-29)30-12-8-5-9-13-30)15-24(2)34(23)39-21-32(36)38-22-33(37)40-35(3)27-17-25-16-26(19-27)20-28(35)18-25;1-17-14-22(15-18(2)24(17)28-23(26)16-27-19(3)25)29(20-10-6-4-7-11-20)21-12-8-5-9-13-21;1-17-14-21(15-18(2)23(17)26-16-22(24)25-3)27(19-10-6-4-7-11-19)20-12-8-5-9-13-20;1-4-22(24)25-23-17(2)15-21(16-18(23)3)26(19-11-7-5-8-12-19)20-13-9-6-10-14-20/h4-15,25-28H,16-22H2,1-3H3;4-15H,16H2,1-3H3;4-15H,16H2,1-3H3;5-16H,4H2,1-3H3/q4*+1. The second-order valence-electron chi connectivity index (χ2n) is 31.1. The fraction of sp³-hybridized carbons (Fsp3) is 0.257.